The summed E-state index contributed by atoms with van der Waals surface area (Å²) < 4.78 is 16.6. The number of nitrogens with zero attached hydrogens (tertiary/aromatic N) is 4. The van der Waals surface area contributed by atoms with Crippen molar-refractivity contribution in [3.8, 4) is 28.8 Å². The number of nitrogens with one attached hydrogen (secondary N) is 1. The summed E-state index contributed by atoms with van der Waals surface area (Å²) in [5.41, 5.74) is 11.9. The SMILES string of the molecule is COc1ccc(OC)c(N=C([O-])c2sc3nc(N)c(C#N)c(-c4c(=O)o[nH][n+]4C)c3c2N)c1. The van der Waals surface area contributed by atoms with Crippen LogP contribution in [0, 0.1) is 11.3 Å². The third-order valence-electron chi connectivity index (χ3n) is 4.86. The van der Waals surface area contributed by atoms with E-state index in [1.807, 2.05) is 6.07 Å². The Balaban J connectivity index is 2.00. The lowest BCUT2D eigenvalue weighted by Gasteiger charge is -2.12. The number of benzene rings is 1. The number of aryl methyl sites for hydroxylation is 1. The minimum absolute atomic E-state index is 0.000512. The number of ether oxygens (including phenoxy) is 2. The number of thiophene rings is 1. The second-order valence-corrected chi connectivity index (χ2v) is 7.73. The molecule has 0 unspecified atom stereocenters. The molecule has 0 aliphatic heterocycles. The fourth-order valence-corrected chi connectivity index (χ4v) is 4.33. The van der Waals surface area contributed by atoms with E-state index < -0.39 is 11.5 Å². The summed E-state index contributed by atoms with van der Waals surface area (Å²) in [6.07, 6.45) is 0. The molecular formula is C20H17N7O5S. The zero-order valence-electron chi connectivity index (χ0n) is 17.6. The standard InChI is InChI=1S/C20H17N7O5S/c1-27-15(20(29)32-26-27)12-9(7-21)17(23)25-19-13(12)14(22)16(33-19)18(28)24-10-6-8(30-2)4-5-11(10)31-3/h4-6H,1-3H3,(H5-,22,23,24,25,26,28,29). The predicted molar refractivity (Wildman–Crippen MR) is 118 cm³/mol. The van der Waals surface area contributed by atoms with Crippen LogP contribution in [0.3, 0.4) is 0 Å². The average Bonchev–Trinajstić information content (AvgIpc) is 3.31. The molecule has 0 aliphatic rings. The minimum Gasteiger partial charge on any atom is -0.858 e. The van der Waals surface area contributed by atoms with E-state index in [-0.39, 0.29) is 49.1 Å². The molecule has 12 nitrogen and oxygen atoms in total. The zero-order valence-corrected chi connectivity index (χ0v) is 18.4. The first-order valence-corrected chi connectivity index (χ1v) is 10.1. The monoisotopic (exact) mass is 467 g/mol. The van der Waals surface area contributed by atoms with Gasteiger partial charge in [-0.2, -0.15) is 5.26 Å². The Morgan fingerprint density at radius 3 is 2.73 bits per heavy atom. The minimum atomic E-state index is -0.745. The number of nitriles is 1. The van der Waals surface area contributed by atoms with Gasteiger partial charge in [0.2, 0.25) is 0 Å². The molecule has 1 aromatic carbocycles. The third kappa shape index (κ3) is 3.48. The lowest BCUT2D eigenvalue weighted by molar-refractivity contribution is -0.730. The molecule has 4 aromatic rings. The van der Waals surface area contributed by atoms with Crippen LogP contribution in [0.4, 0.5) is 17.2 Å². The van der Waals surface area contributed by atoms with Gasteiger partial charge in [0, 0.05) is 12.0 Å². The molecule has 0 fully saturated rings. The van der Waals surface area contributed by atoms with Crippen LogP contribution in [0.15, 0.2) is 32.5 Å². The number of hydrogen-bond acceptors (Lipinski definition) is 11. The Bertz CT molecular complexity index is 1530. The Labute approximate surface area is 189 Å². The van der Waals surface area contributed by atoms with E-state index in [2.05, 4.69) is 15.2 Å². The van der Waals surface area contributed by atoms with Gasteiger partial charge in [0.15, 0.2) is 7.05 Å². The summed E-state index contributed by atoms with van der Waals surface area (Å²) in [7, 11) is 4.45. The van der Waals surface area contributed by atoms with Gasteiger partial charge in [-0.15, -0.1) is 11.3 Å². The van der Waals surface area contributed by atoms with Gasteiger partial charge in [-0.3, -0.25) is 9.52 Å². The molecule has 0 bridgehead atoms. The fraction of sp³-hybridized carbons (Fsp3) is 0.150. The van der Waals surface area contributed by atoms with Gasteiger partial charge in [-0.25, -0.2) is 9.78 Å². The number of pyridine rings is 1. The molecule has 13 heteroatoms. The van der Waals surface area contributed by atoms with Gasteiger partial charge in [0.1, 0.15) is 39.5 Å². The molecule has 4 rings (SSSR count). The summed E-state index contributed by atoms with van der Waals surface area (Å²) in [6, 6.07) is 6.77. The van der Waals surface area contributed by atoms with Gasteiger partial charge in [-0.1, -0.05) is 4.68 Å². The fourth-order valence-electron chi connectivity index (χ4n) is 3.33. The van der Waals surface area contributed by atoms with Crippen LogP contribution in [-0.2, 0) is 7.05 Å². The highest BCUT2D eigenvalue weighted by Crippen LogP contribution is 2.41. The second-order valence-electron chi connectivity index (χ2n) is 6.73. The molecule has 5 N–H and O–H groups in total. The number of fused-ring (bicyclic) bond motifs is 1. The van der Waals surface area contributed by atoms with Crippen molar-refractivity contribution in [3.63, 3.8) is 0 Å². The highest BCUT2D eigenvalue weighted by molar-refractivity contribution is 7.21. The first-order chi connectivity index (χ1) is 15.8. The molecule has 3 heterocycles. The molecule has 0 spiro atoms. The second kappa shape index (κ2) is 8.17. The van der Waals surface area contributed by atoms with E-state index in [1.165, 1.54) is 25.9 Å². The molecule has 3 aromatic heterocycles. The van der Waals surface area contributed by atoms with Crippen molar-refractivity contribution in [2.45, 2.75) is 0 Å². The van der Waals surface area contributed by atoms with Crippen LogP contribution in [0.5, 0.6) is 11.5 Å². The number of aromatic nitrogens is 3. The normalized spacial score (nSPS) is 11.5. The van der Waals surface area contributed by atoms with Crippen LogP contribution >= 0.6 is 11.3 Å². The van der Waals surface area contributed by atoms with Crippen LogP contribution in [0.2, 0.25) is 0 Å². The highest BCUT2D eigenvalue weighted by atomic mass is 32.1. The molecule has 0 radical (unpaired) electrons. The lowest BCUT2D eigenvalue weighted by Crippen LogP contribution is -2.34. The number of nitrogens with two attached hydrogens (primary N) is 2. The topological polar surface area (TPSA) is 192 Å². The third-order valence-corrected chi connectivity index (χ3v) is 5.95. The van der Waals surface area contributed by atoms with E-state index >= 15 is 0 Å². The predicted octanol–water partition coefficient (Wildman–Crippen LogP) is 0.561. The number of aromatic amines is 1. The van der Waals surface area contributed by atoms with Gasteiger partial charge >= 0.3 is 11.3 Å². The molecule has 0 aliphatic carbocycles. The largest absolute Gasteiger partial charge is 0.858 e. The number of methoxy groups -OCH3 is 2. The van der Waals surface area contributed by atoms with Gasteiger partial charge in [0.25, 0.3) is 0 Å². The van der Waals surface area contributed by atoms with Gasteiger partial charge < -0.3 is 26.0 Å². The van der Waals surface area contributed by atoms with Crippen molar-refractivity contribution in [3.05, 3.63) is 39.1 Å². The summed E-state index contributed by atoms with van der Waals surface area (Å²) >= 11 is 0.938. The molecular weight excluding hydrogens is 450 g/mol. The Morgan fingerprint density at radius 2 is 2.12 bits per heavy atom. The maximum Gasteiger partial charge on any atom is 0.435 e. The number of nitrogen functional groups attached to an aromatic ring is 2. The highest BCUT2D eigenvalue weighted by Gasteiger charge is 2.31. The number of rotatable bonds is 5. The van der Waals surface area contributed by atoms with Crippen molar-refractivity contribution >= 4 is 44.6 Å². The summed E-state index contributed by atoms with van der Waals surface area (Å²) in [4.78, 5) is 21.0. The molecule has 33 heavy (non-hydrogen) atoms. The van der Waals surface area contributed by atoms with E-state index in [1.54, 1.807) is 18.2 Å². The Morgan fingerprint density at radius 1 is 1.36 bits per heavy atom. The van der Waals surface area contributed by atoms with Crippen molar-refractivity contribution in [2.24, 2.45) is 12.0 Å². The van der Waals surface area contributed by atoms with Crippen LogP contribution in [0.1, 0.15) is 10.4 Å². The first kappa shape index (κ1) is 21.7. The maximum absolute atomic E-state index is 13.1. The van der Waals surface area contributed by atoms with Crippen molar-refractivity contribution in [1.29, 1.82) is 5.26 Å². The van der Waals surface area contributed by atoms with Crippen molar-refractivity contribution < 1.29 is 23.8 Å². The number of hydrogen-bond donors (Lipinski definition) is 3. The van der Waals surface area contributed by atoms with E-state index in [4.69, 9.17) is 25.5 Å². The molecule has 0 saturated carbocycles. The van der Waals surface area contributed by atoms with Crippen molar-refractivity contribution in [2.75, 3.05) is 25.7 Å². The number of H-pyrrole nitrogens is 1. The van der Waals surface area contributed by atoms with Crippen molar-refractivity contribution in [1.82, 2.24) is 10.3 Å². The van der Waals surface area contributed by atoms with Gasteiger partial charge in [0.05, 0.1) is 35.7 Å². The lowest BCUT2D eigenvalue weighted by atomic mass is 10.0. The van der Waals surface area contributed by atoms with Crippen LogP contribution in [0.25, 0.3) is 21.5 Å². The van der Waals surface area contributed by atoms with E-state index in [9.17, 15) is 15.2 Å². The number of aliphatic imine (C=N–C) groups is 1. The summed E-state index contributed by atoms with van der Waals surface area (Å²) in [5.74, 6) is 0.0483. The molecule has 168 valence electrons. The maximum atomic E-state index is 13.1. The quantitative estimate of drug-likeness (QED) is 0.214. The van der Waals surface area contributed by atoms with E-state index in [0.29, 0.717) is 11.5 Å². The van der Waals surface area contributed by atoms with E-state index in [0.717, 1.165) is 11.3 Å². The molecule has 0 saturated heterocycles. The zero-order chi connectivity index (χ0) is 23.9. The number of anilines is 2. The summed E-state index contributed by atoms with van der Waals surface area (Å²) in [5, 5.41) is 25.4. The summed E-state index contributed by atoms with van der Waals surface area (Å²) in [6.45, 7) is 0. The van der Waals surface area contributed by atoms with Gasteiger partial charge in [-0.05, 0) is 17.4 Å². The first-order valence-electron chi connectivity index (χ1n) is 9.28. The smallest absolute Gasteiger partial charge is 0.435 e. The van der Waals surface area contributed by atoms with Crippen LogP contribution < -0.4 is 36.4 Å². The molecule has 0 amide bonds. The molecule has 0 atom stereocenters. The Hall–Kier alpha value is -4.57. The van der Waals surface area contributed by atoms with Crippen LogP contribution in [-0.4, -0.2) is 30.4 Å². The average molecular weight is 467 g/mol. The Kier molecular flexibility index (Phi) is 5.36.